The van der Waals surface area contributed by atoms with Gasteiger partial charge in [-0.05, 0) is 49.2 Å². The van der Waals surface area contributed by atoms with Gasteiger partial charge in [-0.25, -0.2) is 13.2 Å². The van der Waals surface area contributed by atoms with Crippen LogP contribution in [0, 0.1) is 6.92 Å². The molecular formula is C17H19ClN2O3S. The average Bonchev–Trinajstić information content (AvgIpc) is 2.50. The third-order valence-electron chi connectivity index (χ3n) is 3.59. The highest BCUT2D eigenvalue weighted by Gasteiger charge is 2.12. The van der Waals surface area contributed by atoms with Gasteiger partial charge in [0, 0.05) is 17.0 Å². The second-order valence-electron chi connectivity index (χ2n) is 5.63. The second kappa shape index (κ2) is 7.23. The summed E-state index contributed by atoms with van der Waals surface area (Å²) in [5.41, 5.74) is 2.34. The molecule has 0 aliphatic rings. The smallest absolute Gasteiger partial charge is 0.319 e. The van der Waals surface area contributed by atoms with Crippen molar-refractivity contribution in [2.24, 2.45) is 0 Å². The summed E-state index contributed by atoms with van der Waals surface area (Å²) in [6.07, 6.45) is 1.16. The average molecular weight is 367 g/mol. The number of carbonyl (C=O) groups excluding carboxylic acids is 1. The first-order valence-electron chi connectivity index (χ1n) is 7.30. The number of hydrogen-bond acceptors (Lipinski definition) is 3. The van der Waals surface area contributed by atoms with E-state index in [1.165, 1.54) is 12.1 Å². The summed E-state index contributed by atoms with van der Waals surface area (Å²) in [6, 6.07) is 11.1. The SMILES string of the molecule is Cc1ccc(NC(=O)NC(C)c2ccc(S(C)(=O)=O)cc2)cc1Cl. The molecule has 1 atom stereocenters. The number of anilines is 1. The van der Waals surface area contributed by atoms with Crippen molar-refractivity contribution in [1.82, 2.24) is 5.32 Å². The standard InChI is InChI=1S/C17H19ClN2O3S/c1-11-4-7-14(10-16(11)18)20-17(21)19-12(2)13-5-8-15(9-6-13)24(3,22)23/h4-10,12H,1-3H3,(H2,19,20,21). The summed E-state index contributed by atoms with van der Waals surface area (Å²) in [4.78, 5) is 12.3. The fraction of sp³-hybridized carbons (Fsp3) is 0.235. The molecule has 2 aromatic rings. The van der Waals surface area contributed by atoms with E-state index >= 15 is 0 Å². The van der Waals surface area contributed by atoms with Crippen molar-refractivity contribution in [1.29, 1.82) is 0 Å². The van der Waals surface area contributed by atoms with Crippen LogP contribution < -0.4 is 10.6 Å². The van der Waals surface area contributed by atoms with Gasteiger partial charge in [-0.3, -0.25) is 0 Å². The van der Waals surface area contributed by atoms with Crippen LogP contribution in [0.4, 0.5) is 10.5 Å². The zero-order valence-electron chi connectivity index (χ0n) is 13.6. The predicted molar refractivity (Wildman–Crippen MR) is 96.3 cm³/mol. The highest BCUT2D eigenvalue weighted by atomic mass is 35.5. The van der Waals surface area contributed by atoms with Crippen LogP contribution in [0.25, 0.3) is 0 Å². The lowest BCUT2D eigenvalue weighted by Crippen LogP contribution is -2.31. The molecule has 0 fully saturated rings. The summed E-state index contributed by atoms with van der Waals surface area (Å²) in [7, 11) is -3.23. The molecule has 128 valence electrons. The Kier molecular flexibility index (Phi) is 5.51. The van der Waals surface area contributed by atoms with Crippen molar-refractivity contribution in [2.45, 2.75) is 24.8 Å². The summed E-state index contributed by atoms with van der Waals surface area (Å²) < 4.78 is 22.9. The molecule has 2 aromatic carbocycles. The van der Waals surface area contributed by atoms with Gasteiger partial charge in [0.05, 0.1) is 10.9 Å². The zero-order valence-corrected chi connectivity index (χ0v) is 15.2. The Morgan fingerprint density at radius 1 is 1.12 bits per heavy atom. The minimum atomic E-state index is -3.23. The second-order valence-corrected chi connectivity index (χ2v) is 8.05. The molecule has 2 rings (SSSR count). The van der Waals surface area contributed by atoms with Gasteiger partial charge < -0.3 is 10.6 Å². The van der Waals surface area contributed by atoms with E-state index in [0.29, 0.717) is 10.7 Å². The molecule has 5 nitrogen and oxygen atoms in total. The van der Waals surface area contributed by atoms with Crippen molar-refractivity contribution >= 4 is 33.2 Å². The molecule has 2 N–H and O–H groups in total. The Balaban J connectivity index is 2.01. The highest BCUT2D eigenvalue weighted by molar-refractivity contribution is 7.90. The Morgan fingerprint density at radius 2 is 1.75 bits per heavy atom. The van der Waals surface area contributed by atoms with E-state index in [9.17, 15) is 13.2 Å². The largest absolute Gasteiger partial charge is 0.331 e. The molecule has 2 amide bonds. The molecule has 0 saturated heterocycles. The molecule has 0 spiro atoms. The highest BCUT2D eigenvalue weighted by Crippen LogP contribution is 2.20. The fourth-order valence-electron chi connectivity index (χ4n) is 2.12. The topological polar surface area (TPSA) is 75.3 Å². The van der Waals surface area contributed by atoms with Gasteiger partial charge >= 0.3 is 6.03 Å². The zero-order chi connectivity index (χ0) is 17.9. The van der Waals surface area contributed by atoms with Crippen LogP contribution in [-0.2, 0) is 9.84 Å². The van der Waals surface area contributed by atoms with Crippen LogP contribution in [0.3, 0.4) is 0 Å². The maximum atomic E-state index is 12.1. The maximum absolute atomic E-state index is 12.1. The van der Waals surface area contributed by atoms with E-state index in [-0.39, 0.29) is 17.0 Å². The van der Waals surface area contributed by atoms with Crippen LogP contribution >= 0.6 is 11.6 Å². The first-order valence-corrected chi connectivity index (χ1v) is 9.57. The van der Waals surface area contributed by atoms with Crippen LogP contribution in [-0.4, -0.2) is 20.7 Å². The van der Waals surface area contributed by atoms with E-state index in [1.807, 2.05) is 19.9 Å². The van der Waals surface area contributed by atoms with Crippen molar-refractivity contribution < 1.29 is 13.2 Å². The van der Waals surface area contributed by atoms with E-state index in [0.717, 1.165) is 17.4 Å². The van der Waals surface area contributed by atoms with Crippen LogP contribution in [0.5, 0.6) is 0 Å². The third kappa shape index (κ3) is 4.72. The first kappa shape index (κ1) is 18.3. The Morgan fingerprint density at radius 3 is 2.29 bits per heavy atom. The normalized spacial score (nSPS) is 12.5. The quantitative estimate of drug-likeness (QED) is 0.860. The first-order chi connectivity index (χ1) is 11.2. The van der Waals surface area contributed by atoms with Gasteiger partial charge in [-0.15, -0.1) is 0 Å². The Bertz CT molecular complexity index is 849. The number of sulfone groups is 1. The molecule has 0 aliphatic carbocycles. The summed E-state index contributed by atoms with van der Waals surface area (Å²) in [6.45, 7) is 3.70. The number of rotatable bonds is 4. The summed E-state index contributed by atoms with van der Waals surface area (Å²) >= 11 is 6.03. The van der Waals surface area contributed by atoms with E-state index in [4.69, 9.17) is 11.6 Å². The fourth-order valence-corrected chi connectivity index (χ4v) is 2.93. The number of carbonyl (C=O) groups is 1. The maximum Gasteiger partial charge on any atom is 0.319 e. The van der Waals surface area contributed by atoms with Crippen molar-refractivity contribution in [3.8, 4) is 0 Å². The Hall–Kier alpha value is -2.05. The molecule has 0 aliphatic heterocycles. The van der Waals surface area contributed by atoms with E-state index in [2.05, 4.69) is 10.6 Å². The Labute approximate surface area is 147 Å². The van der Waals surface area contributed by atoms with Crippen molar-refractivity contribution in [3.05, 3.63) is 58.6 Å². The predicted octanol–water partition coefficient (Wildman–Crippen LogP) is 3.93. The van der Waals surface area contributed by atoms with Gasteiger partial charge in [-0.1, -0.05) is 29.8 Å². The lowest BCUT2D eigenvalue weighted by Gasteiger charge is -2.15. The van der Waals surface area contributed by atoms with Crippen LogP contribution in [0.1, 0.15) is 24.1 Å². The number of amides is 2. The van der Waals surface area contributed by atoms with Gasteiger partial charge in [0.25, 0.3) is 0 Å². The van der Waals surface area contributed by atoms with E-state index in [1.54, 1.807) is 24.3 Å². The van der Waals surface area contributed by atoms with Crippen LogP contribution in [0.2, 0.25) is 5.02 Å². The molecule has 1 unspecified atom stereocenters. The minimum Gasteiger partial charge on any atom is -0.331 e. The van der Waals surface area contributed by atoms with Gasteiger partial charge in [0.15, 0.2) is 9.84 Å². The number of aryl methyl sites for hydroxylation is 1. The van der Waals surface area contributed by atoms with Gasteiger partial charge in [0.2, 0.25) is 0 Å². The number of nitrogens with one attached hydrogen (secondary N) is 2. The number of halogens is 1. The molecule has 24 heavy (non-hydrogen) atoms. The third-order valence-corrected chi connectivity index (χ3v) is 5.12. The van der Waals surface area contributed by atoms with Crippen molar-refractivity contribution in [2.75, 3.05) is 11.6 Å². The minimum absolute atomic E-state index is 0.247. The summed E-state index contributed by atoms with van der Waals surface area (Å²) in [5.74, 6) is 0. The van der Waals surface area contributed by atoms with Gasteiger partial charge in [0.1, 0.15) is 0 Å². The number of benzene rings is 2. The van der Waals surface area contributed by atoms with Crippen LogP contribution in [0.15, 0.2) is 47.4 Å². The lowest BCUT2D eigenvalue weighted by atomic mass is 10.1. The molecule has 7 heteroatoms. The lowest BCUT2D eigenvalue weighted by molar-refractivity contribution is 0.249. The van der Waals surface area contributed by atoms with E-state index < -0.39 is 9.84 Å². The molecule has 0 heterocycles. The molecule has 0 saturated carbocycles. The van der Waals surface area contributed by atoms with Crippen molar-refractivity contribution in [3.63, 3.8) is 0 Å². The molecular weight excluding hydrogens is 348 g/mol. The molecule has 0 bridgehead atoms. The summed E-state index contributed by atoms with van der Waals surface area (Å²) in [5, 5.41) is 6.09. The number of hydrogen-bond donors (Lipinski definition) is 2. The van der Waals surface area contributed by atoms with Gasteiger partial charge in [-0.2, -0.15) is 0 Å². The number of urea groups is 1. The monoisotopic (exact) mass is 366 g/mol. The molecule has 0 aromatic heterocycles. The molecule has 0 radical (unpaired) electrons.